The Balaban J connectivity index is 2.37. The van der Waals surface area contributed by atoms with Gasteiger partial charge in [-0.25, -0.2) is 0 Å². The van der Waals surface area contributed by atoms with Crippen LogP contribution < -0.4 is 5.32 Å². The van der Waals surface area contributed by atoms with Gasteiger partial charge in [-0.05, 0) is 12.0 Å². The molecule has 1 atom stereocenters. The fraction of sp³-hybridized carbons (Fsp3) is 0.417. The van der Waals surface area contributed by atoms with Crippen molar-refractivity contribution >= 4 is 5.84 Å². The van der Waals surface area contributed by atoms with Crippen LogP contribution in [0.1, 0.15) is 18.9 Å². The zero-order chi connectivity index (χ0) is 10.7. The molecular formula is C12H16N2O. The van der Waals surface area contributed by atoms with Gasteiger partial charge in [-0.1, -0.05) is 37.3 Å². The third kappa shape index (κ3) is 1.75. The average molecular weight is 204 g/mol. The van der Waals surface area contributed by atoms with E-state index in [0.717, 1.165) is 18.7 Å². The standard InChI is InChI=1S/C12H16N2O/c1-2-12(15,11-13-8-9-14-11)10-6-4-3-5-7-10/h3-7,15H,2,8-9H2,1H3,(H,13,14)/t12-/m1/s1. The molecule has 0 radical (unpaired) electrons. The number of hydrogen-bond donors (Lipinski definition) is 2. The van der Waals surface area contributed by atoms with Crippen LogP contribution >= 0.6 is 0 Å². The predicted octanol–water partition coefficient (Wildman–Crippen LogP) is 1.29. The second-order valence-electron chi connectivity index (χ2n) is 3.74. The SMILES string of the molecule is CC[C@](O)(C1=NCCN1)c1ccccc1. The monoisotopic (exact) mass is 204 g/mol. The number of nitrogens with one attached hydrogen (secondary N) is 1. The zero-order valence-electron chi connectivity index (χ0n) is 8.90. The summed E-state index contributed by atoms with van der Waals surface area (Å²) in [6.07, 6.45) is 0.628. The minimum absolute atomic E-state index is 0.628. The van der Waals surface area contributed by atoms with Crippen molar-refractivity contribution in [2.75, 3.05) is 13.1 Å². The Morgan fingerprint density at radius 3 is 2.67 bits per heavy atom. The molecule has 1 aromatic rings. The molecule has 0 fully saturated rings. The quantitative estimate of drug-likeness (QED) is 0.779. The molecule has 1 aliphatic rings. The van der Waals surface area contributed by atoms with Gasteiger partial charge in [-0.2, -0.15) is 0 Å². The van der Waals surface area contributed by atoms with Crippen LogP contribution in [0.25, 0.3) is 0 Å². The normalized spacial score (nSPS) is 19.2. The van der Waals surface area contributed by atoms with Crippen LogP contribution in [0.15, 0.2) is 35.3 Å². The van der Waals surface area contributed by atoms with Gasteiger partial charge in [0, 0.05) is 6.54 Å². The number of aliphatic hydroxyl groups is 1. The van der Waals surface area contributed by atoms with E-state index in [1.54, 1.807) is 0 Å². The maximum absolute atomic E-state index is 10.6. The molecule has 0 aliphatic carbocycles. The Kier molecular flexibility index (Phi) is 2.73. The first-order valence-corrected chi connectivity index (χ1v) is 5.34. The molecule has 3 nitrogen and oxygen atoms in total. The first kappa shape index (κ1) is 10.2. The van der Waals surface area contributed by atoms with Gasteiger partial charge in [0.15, 0.2) is 0 Å². The minimum Gasteiger partial charge on any atom is -0.377 e. The highest BCUT2D eigenvalue weighted by Gasteiger charge is 2.34. The van der Waals surface area contributed by atoms with Crippen LogP contribution in [-0.4, -0.2) is 24.0 Å². The molecule has 0 unspecified atom stereocenters. The van der Waals surface area contributed by atoms with Crippen molar-refractivity contribution in [3.8, 4) is 0 Å². The minimum atomic E-state index is -0.947. The van der Waals surface area contributed by atoms with Crippen LogP contribution in [0.3, 0.4) is 0 Å². The summed E-state index contributed by atoms with van der Waals surface area (Å²) in [7, 11) is 0. The molecule has 0 saturated heterocycles. The molecule has 1 heterocycles. The summed E-state index contributed by atoms with van der Waals surface area (Å²) >= 11 is 0. The van der Waals surface area contributed by atoms with Crippen LogP contribution in [0.5, 0.6) is 0 Å². The fourth-order valence-corrected chi connectivity index (χ4v) is 1.90. The molecule has 0 spiro atoms. The van der Waals surface area contributed by atoms with E-state index in [1.165, 1.54) is 0 Å². The van der Waals surface area contributed by atoms with Gasteiger partial charge in [0.2, 0.25) is 0 Å². The second kappa shape index (κ2) is 4.03. The molecule has 2 rings (SSSR count). The van der Waals surface area contributed by atoms with Crippen molar-refractivity contribution in [2.24, 2.45) is 4.99 Å². The van der Waals surface area contributed by atoms with Gasteiger partial charge in [0.05, 0.1) is 6.54 Å². The summed E-state index contributed by atoms with van der Waals surface area (Å²) in [6.45, 7) is 3.55. The van der Waals surface area contributed by atoms with Crippen LogP contribution in [0.4, 0.5) is 0 Å². The highest BCUT2D eigenvalue weighted by atomic mass is 16.3. The Hall–Kier alpha value is -1.35. The lowest BCUT2D eigenvalue weighted by molar-refractivity contribution is 0.104. The van der Waals surface area contributed by atoms with Gasteiger partial charge in [0.25, 0.3) is 0 Å². The van der Waals surface area contributed by atoms with Gasteiger partial charge in [-0.15, -0.1) is 0 Å². The number of rotatable bonds is 3. The van der Waals surface area contributed by atoms with E-state index in [4.69, 9.17) is 0 Å². The van der Waals surface area contributed by atoms with Crippen molar-refractivity contribution in [3.63, 3.8) is 0 Å². The molecule has 1 aromatic carbocycles. The van der Waals surface area contributed by atoms with Gasteiger partial charge >= 0.3 is 0 Å². The number of hydrogen-bond acceptors (Lipinski definition) is 3. The summed E-state index contributed by atoms with van der Waals surface area (Å²) in [6, 6.07) is 9.69. The lowest BCUT2D eigenvalue weighted by Crippen LogP contribution is -2.41. The smallest absolute Gasteiger partial charge is 0.146 e. The molecule has 3 heteroatoms. The number of aliphatic imine (C=N–C) groups is 1. The van der Waals surface area contributed by atoms with E-state index in [1.807, 2.05) is 37.3 Å². The van der Waals surface area contributed by atoms with Crippen LogP contribution in [0.2, 0.25) is 0 Å². The Morgan fingerprint density at radius 2 is 2.13 bits per heavy atom. The number of benzene rings is 1. The topological polar surface area (TPSA) is 44.6 Å². The molecule has 0 saturated carbocycles. The Labute approximate surface area is 89.9 Å². The maximum Gasteiger partial charge on any atom is 0.146 e. The molecule has 0 bridgehead atoms. The van der Waals surface area contributed by atoms with E-state index in [2.05, 4.69) is 10.3 Å². The summed E-state index contributed by atoms with van der Waals surface area (Å²) in [4.78, 5) is 4.31. The van der Waals surface area contributed by atoms with E-state index >= 15 is 0 Å². The zero-order valence-corrected chi connectivity index (χ0v) is 8.90. The largest absolute Gasteiger partial charge is 0.377 e. The van der Waals surface area contributed by atoms with Crippen LogP contribution in [-0.2, 0) is 5.60 Å². The molecule has 80 valence electrons. The number of nitrogens with zero attached hydrogens (tertiary/aromatic N) is 1. The third-order valence-electron chi connectivity index (χ3n) is 2.83. The average Bonchev–Trinajstić information content (AvgIpc) is 2.83. The van der Waals surface area contributed by atoms with E-state index in [0.29, 0.717) is 12.3 Å². The van der Waals surface area contributed by atoms with Crippen molar-refractivity contribution in [3.05, 3.63) is 35.9 Å². The van der Waals surface area contributed by atoms with Crippen molar-refractivity contribution < 1.29 is 5.11 Å². The van der Waals surface area contributed by atoms with Crippen molar-refractivity contribution in [2.45, 2.75) is 18.9 Å². The second-order valence-corrected chi connectivity index (χ2v) is 3.74. The van der Waals surface area contributed by atoms with E-state index in [-0.39, 0.29) is 0 Å². The highest BCUT2D eigenvalue weighted by Crippen LogP contribution is 2.26. The van der Waals surface area contributed by atoms with E-state index < -0.39 is 5.60 Å². The van der Waals surface area contributed by atoms with Crippen molar-refractivity contribution in [1.29, 1.82) is 0 Å². The molecule has 0 amide bonds. The molecular weight excluding hydrogens is 188 g/mol. The predicted molar refractivity (Wildman–Crippen MR) is 60.9 cm³/mol. The van der Waals surface area contributed by atoms with Gasteiger partial charge < -0.3 is 10.4 Å². The van der Waals surface area contributed by atoms with E-state index in [9.17, 15) is 5.11 Å². The molecule has 1 aliphatic heterocycles. The molecule has 2 N–H and O–H groups in total. The Morgan fingerprint density at radius 1 is 1.40 bits per heavy atom. The van der Waals surface area contributed by atoms with Gasteiger partial charge in [0.1, 0.15) is 11.4 Å². The summed E-state index contributed by atoms with van der Waals surface area (Å²) in [5.41, 5.74) is -0.0433. The summed E-state index contributed by atoms with van der Waals surface area (Å²) < 4.78 is 0. The van der Waals surface area contributed by atoms with Crippen LogP contribution in [0, 0.1) is 0 Å². The number of amidine groups is 1. The van der Waals surface area contributed by atoms with Crippen molar-refractivity contribution in [1.82, 2.24) is 5.32 Å². The molecule has 0 aromatic heterocycles. The molecule has 15 heavy (non-hydrogen) atoms. The fourth-order valence-electron chi connectivity index (χ4n) is 1.90. The summed E-state index contributed by atoms with van der Waals surface area (Å²) in [5, 5.41) is 13.7. The first-order valence-electron chi connectivity index (χ1n) is 5.34. The lowest BCUT2D eigenvalue weighted by Gasteiger charge is -2.27. The highest BCUT2D eigenvalue weighted by molar-refractivity contribution is 5.92. The lowest BCUT2D eigenvalue weighted by atomic mass is 9.90. The summed E-state index contributed by atoms with van der Waals surface area (Å²) in [5.74, 6) is 0.705. The Bertz CT molecular complexity index is 361. The first-order chi connectivity index (χ1) is 7.27. The maximum atomic E-state index is 10.6. The third-order valence-corrected chi connectivity index (χ3v) is 2.83. The van der Waals surface area contributed by atoms with Gasteiger partial charge in [-0.3, -0.25) is 4.99 Å².